The molecule has 0 radical (unpaired) electrons. The van der Waals surface area contributed by atoms with Gasteiger partial charge in [0.25, 0.3) is 11.8 Å². The summed E-state index contributed by atoms with van der Waals surface area (Å²) < 4.78 is 0. The molecule has 0 fully saturated rings. The number of hydrogen-bond acceptors (Lipinski definition) is 4. The Morgan fingerprint density at radius 3 is 2.21 bits per heavy atom. The van der Waals surface area contributed by atoms with Crippen molar-refractivity contribution in [2.75, 3.05) is 16.0 Å². The molecule has 1 aliphatic rings. The lowest BCUT2D eigenvalue weighted by molar-refractivity contribution is -0.113. The number of benzene rings is 3. The highest BCUT2D eigenvalue weighted by atomic mass is 32.2. The summed E-state index contributed by atoms with van der Waals surface area (Å²) in [7, 11) is 0. The lowest BCUT2D eigenvalue weighted by Gasteiger charge is -2.13. The van der Waals surface area contributed by atoms with E-state index < -0.39 is 0 Å². The highest BCUT2D eigenvalue weighted by Crippen LogP contribution is 2.30. The van der Waals surface area contributed by atoms with Crippen LogP contribution in [0.3, 0.4) is 0 Å². The molecule has 0 aromatic heterocycles. The fraction of sp³-hybridized carbons (Fsp3) is 0.0870. The summed E-state index contributed by atoms with van der Waals surface area (Å²) in [6.45, 7) is 0. The molecule has 3 aromatic rings. The molecule has 5 nitrogen and oxygen atoms in total. The van der Waals surface area contributed by atoms with Gasteiger partial charge >= 0.3 is 0 Å². The predicted octanol–water partition coefficient (Wildman–Crippen LogP) is 4.36. The number of carbonyl (C=O) groups is 3. The molecule has 1 heterocycles. The van der Waals surface area contributed by atoms with Crippen LogP contribution in [0.4, 0.5) is 11.4 Å². The highest BCUT2D eigenvalue weighted by molar-refractivity contribution is 7.99. The van der Waals surface area contributed by atoms with Gasteiger partial charge in [0.05, 0.1) is 22.6 Å². The van der Waals surface area contributed by atoms with Gasteiger partial charge < -0.3 is 5.32 Å². The van der Waals surface area contributed by atoms with Crippen molar-refractivity contribution in [1.82, 2.24) is 0 Å². The van der Waals surface area contributed by atoms with Crippen LogP contribution in [0.1, 0.15) is 26.3 Å². The number of hydrogen-bond donors (Lipinski definition) is 1. The van der Waals surface area contributed by atoms with Crippen molar-refractivity contribution < 1.29 is 14.4 Å². The van der Waals surface area contributed by atoms with Gasteiger partial charge in [-0.15, -0.1) is 11.8 Å². The van der Waals surface area contributed by atoms with Crippen LogP contribution in [0.15, 0.2) is 78.9 Å². The summed E-state index contributed by atoms with van der Waals surface area (Å²) in [5.74, 6) is 0.160. The van der Waals surface area contributed by atoms with Crippen LogP contribution in [0.5, 0.6) is 0 Å². The standard InChI is InChI=1S/C23H18N2O3S/c26-21(15-29-14-16-7-3-1-4-8-16)24-17-11-12-19-20(13-17)23(28)25(22(19)27)18-9-5-2-6-10-18/h1-13H,14-15H2,(H,24,26). The van der Waals surface area contributed by atoms with Gasteiger partial charge in [-0.1, -0.05) is 48.5 Å². The maximum atomic E-state index is 12.8. The number of thioether (sulfide) groups is 1. The van der Waals surface area contributed by atoms with E-state index in [1.54, 1.807) is 42.5 Å². The van der Waals surface area contributed by atoms with Gasteiger partial charge in [0.2, 0.25) is 5.91 Å². The summed E-state index contributed by atoms with van der Waals surface area (Å²) in [5, 5.41) is 2.81. The Bertz CT molecular complexity index is 1070. The lowest BCUT2D eigenvalue weighted by atomic mass is 10.1. The molecule has 0 saturated carbocycles. The second-order valence-electron chi connectivity index (χ2n) is 6.57. The third kappa shape index (κ3) is 4.07. The number of para-hydroxylation sites is 1. The van der Waals surface area contributed by atoms with Gasteiger partial charge in [0.15, 0.2) is 0 Å². The number of nitrogens with zero attached hydrogens (tertiary/aromatic N) is 1. The lowest BCUT2D eigenvalue weighted by Crippen LogP contribution is -2.29. The summed E-state index contributed by atoms with van der Waals surface area (Å²) in [6.07, 6.45) is 0. The third-order valence-electron chi connectivity index (χ3n) is 4.53. The molecular weight excluding hydrogens is 384 g/mol. The quantitative estimate of drug-likeness (QED) is 0.622. The van der Waals surface area contributed by atoms with E-state index in [0.717, 1.165) is 16.2 Å². The van der Waals surface area contributed by atoms with E-state index in [1.807, 2.05) is 36.4 Å². The molecule has 3 aromatic carbocycles. The van der Waals surface area contributed by atoms with Gasteiger partial charge in [-0.3, -0.25) is 14.4 Å². The Balaban J connectivity index is 1.42. The van der Waals surface area contributed by atoms with Crippen LogP contribution in [0, 0.1) is 0 Å². The van der Waals surface area contributed by atoms with Crippen LogP contribution < -0.4 is 10.2 Å². The zero-order valence-corrected chi connectivity index (χ0v) is 16.3. The first-order valence-corrected chi connectivity index (χ1v) is 10.3. The third-order valence-corrected chi connectivity index (χ3v) is 5.53. The molecule has 0 unspecified atom stereocenters. The average molecular weight is 402 g/mol. The van der Waals surface area contributed by atoms with Crippen molar-refractivity contribution in [1.29, 1.82) is 0 Å². The Morgan fingerprint density at radius 2 is 1.48 bits per heavy atom. The van der Waals surface area contributed by atoms with Crippen molar-refractivity contribution >= 4 is 40.9 Å². The molecule has 1 aliphatic heterocycles. The summed E-state index contributed by atoms with van der Waals surface area (Å²) in [6, 6.07) is 23.6. The van der Waals surface area contributed by atoms with Crippen molar-refractivity contribution in [3.05, 3.63) is 95.6 Å². The van der Waals surface area contributed by atoms with E-state index in [-0.39, 0.29) is 17.7 Å². The van der Waals surface area contributed by atoms with Gasteiger partial charge in [-0.05, 0) is 35.9 Å². The Kier molecular flexibility index (Phi) is 5.44. The topological polar surface area (TPSA) is 66.5 Å². The molecule has 1 N–H and O–H groups in total. The smallest absolute Gasteiger partial charge is 0.266 e. The number of carbonyl (C=O) groups excluding carboxylic acids is 3. The highest BCUT2D eigenvalue weighted by Gasteiger charge is 2.36. The molecule has 0 spiro atoms. The fourth-order valence-corrected chi connectivity index (χ4v) is 3.95. The molecule has 0 saturated heterocycles. The van der Waals surface area contributed by atoms with Gasteiger partial charge in [0.1, 0.15) is 0 Å². The molecular formula is C23H18N2O3S. The Labute approximate surface area is 172 Å². The van der Waals surface area contributed by atoms with Crippen LogP contribution in [0.25, 0.3) is 0 Å². The number of nitrogens with one attached hydrogen (secondary N) is 1. The normalized spacial score (nSPS) is 12.8. The largest absolute Gasteiger partial charge is 0.325 e. The maximum absolute atomic E-state index is 12.8. The molecule has 0 aliphatic carbocycles. The minimum atomic E-state index is -0.384. The first kappa shape index (κ1) is 19.0. The summed E-state index contributed by atoms with van der Waals surface area (Å²) in [5.41, 5.74) is 2.84. The number of fused-ring (bicyclic) bond motifs is 1. The molecule has 6 heteroatoms. The van der Waals surface area contributed by atoms with Gasteiger partial charge in [-0.25, -0.2) is 4.90 Å². The minimum absolute atomic E-state index is 0.150. The number of anilines is 2. The first-order valence-electron chi connectivity index (χ1n) is 9.13. The van der Waals surface area contributed by atoms with E-state index in [9.17, 15) is 14.4 Å². The minimum Gasteiger partial charge on any atom is -0.325 e. The number of rotatable bonds is 6. The van der Waals surface area contributed by atoms with Crippen molar-refractivity contribution in [3.63, 3.8) is 0 Å². The van der Waals surface area contributed by atoms with Gasteiger partial charge in [0, 0.05) is 11.4 Å². The van der Waals surface area contributed by atoms with Crippen LogP contribution >= 0.6 is 11.8 Å². The first-order chi connectivity index (χ1) is 14.1. The molecule has 3 amide bonds. The van der Waals surface area contributed by atoms with Crippen molar-refractivity contribution in [2.45, 2.75) is 5.75 Å². The predicted molar refractivity (Wildman–Crippen MR) is 115 cm³/mol. The second kappa shape index (κ2) is 8.32. The van der Waals surface area contributed by atoms with E-state index in [0.29, 0.717) is 28.3 Å². The molecule has 29 heavy (non-hydrogen) atoms. The second-order valence-corrected chi connectivity index (χ2v) is 7.55. The summed E-state index contributed by atoms with van der Waals surface area (Å²) in [4.78, 5) is 38.8. The molecule has 4 rings (SSSR count). The van der Waals surface area contributed by atoms with Crippen LogP contribution in [-0.4, -0.2) is 23.5 Å². The van der Waals surface area contributed by atoms with E-state index >= 15 is 0 Å². The van der Waals surface area contributed by atoms with Crippen molar-refractivity contribution in [3.8, 4) is 0 Å². The number of amides is 3. The zero-order chi connectivity index (χ0) is 20.2. The van der Waals surface area contributed by atoms with Crippen molar-refractivity contribution in [2.24, 2.45) is 0 Å². The van der Waals surface area contributed by atoms with Crippen LogP contribution in [0.2, 0.25) is 0 Å². The van der Waals surface area contributed by atoms with E-state index in [2.05, 4.69) is 5.32 Å². The summed E-state index contributed by atoms with van der Waals surface area (Å²) >= 11 is 1.52. The molecule has 0 atom stereocenters. The van der Waals surface area contributed by atoms with Crippen LogP contribution in [-0.2, 0) is 10.5 Å². The monoisotopic (exact) mass is 402 g/mol. The molecule has 0 bridgehead atoms. The molecule has 144 valence electrons. The van der Waals surface area contributed by atoms with E-state index in [1.165, 1.54) is 11.8 Å². The fourth-order valence-electron chi connectivity index (χ4n) is 3.16. The average Bonchev–Trinajstić information content (AvgIpc) is 2.99. The Hall–Kier alpha value is -3.38. The van der Waals surface area contributed by atoms with Gasteiger partial charge in [-0.2, -0.15) is 0 Å². The zero-order valence-electron chi connectivity index (χ0n) is 15.5. The Morgan fingerprint density at radius 1 is 0.828 bits per heavy atom. The number of imide groups is 1. The maximum Gasteiger partial charge on any atom is 0.266 e. The SMILES string of the molecule is O=C(CSCc1ccccc1)Nc1ccc2c(c1)C(=O)N(c1ccccc1)C2=O. The van der Waals surface area contributed by atoms with E-state index in [4.69, 9.17) is 0 Å².